The number of imidazole rings is 1. The maximum atomic E-state index is 4.80. The van der Waals surface area contributed by atoms with Crippen LogP contribution in [0.25, 0.3) is 28.4 Å². The van der Waals surface area contributed by atoms with Crippen molar-refractivity contribution in [3.63, 3.8) is 0 Å². The molecule has 5 nitrogen and oxygen atoms in total. The zero-order valence-electron chi connectivity index (χ0n) is 12.4. The number of aromatic amines is 1. The average molecular weight is 289 g/mol. The van der Waals surface area contributed by atoms with Crippen LogP contribution in [-0.2, 0) is 0 Å². The Morgan fingerprint density at radius 1 is 1.00 bits per heavy atom. The van der Waals surface area contributed by atoms with Gasteiger partial charge in [-0.15, -0.1) is 0 Å². The van der Waals surface area contributed by atoms with E-state index in [9.17, 15) is 0 Å². The molecule has 0 bridgehead atoms. The summed E-state index contributed by atoms with van der Waals surface area (Å²) in [6.45, 7) is 4.07. The largest absolute Gasteiger partial charge is 0.275 e. The predicted molar refractivity (Wildman–Crippen MR) is 85.9 cm³/mol. The highest BCUT2D eigenvalue weighted by Gasteiger charge is 2.17. The van der Waals surface area contributed by atoms with Crippen LogP contribution in [0, 0.1) is 13.8 Å². The minimum absolute atomic E-state index is 0.819. The van der Waals surface area contributed by atoms with E-state index in [1.807, 2.05) is 31.2 Å². The number of aromatic nitrogens is 5. The quantitative estimate of drug-likeness (QED) is 0.615. The number of pyridine rings is 1. The SMILES string of the molecule is Cc1cc(C)c2nc(-c3ccn[nH]3)n(-c3ccccc3)c2n1. The van der Waals surface area contributed by atoms with Crippen LogP contribution in [0.5, 0.6) is 0 Å². The van der Waals surface area contributed by atoms with Crippen LogP contribution in [0.1, 0.15) is 11.3 Å². The number of nitrogens with one attached hydrogen (secondary N) is 1. The minimum atomic E-state index is 0.819. The highest BCUT2D eigenvalue weighted by Crippen LogP contribution is 2.28. The van der Waals surface area contributed by atoms with E-state index in [0.717, 1.165) is 39.6 Å². The Labute approximate surface area is 127 Å². The Kier molecular flexibility index (Phi) is 2.79. The van der Waals surface area contributed by atoms with Gasteiger partial charge < -0.3 is 0 Å². The third kappa shape index (κ3) is 1.90. The number of hydrogen-bond acceptors (Lipinski definition) is 3. The summed E-state index contributed by atoms with van der Waals surface area (Å²) in [5.41, 5.74) is 5.80. The molecule has 3 heterocycles. The number of aryl methyl sites for hydroxylation is 2. The Bertz CT molecular complexity index is 936. The molecule has 5 heteroatoms. The first-order valence-electron chi connectivity index (χ1n) is 7.16. The monoisotopic (exact) mass is 289 g/mol. The van der Waals surface area contributed by atoms with Crippen molar-refractivity contribution in [3.05, 3.63) is 59.9 Å². The van der Waals surface area contributed by atoms with Crippen LogP contribution >= 0.6 is 0 Å². The van der Waals surface area contributed by atoms with Gasteiger partial charge in [0, 0.05) is 17.6 Å². The van der Waals surface area contributed by atoms with Gasteiger partial charge in [-0.25, -0.2) is 9.97 Å². The van der Waals surface area contributed by atoms with Gasteiger partial charge >= 0.3 is 0 Å². The number of hydrogen-bond donors (Lipinski definition) is 1. The molecule has 108 valence electrons. The number of benzene rings is 1. The maximum absolute atomic E-state index is 4.80. The third-order valence-corrected chi connectivity index (χ3v) is 3.69. The van der Waals surface area contributed by atoms with Crippen molar-refractivity contribution >= 4 is 11.2 Å². The second-order valence-corrected chi connectivity index (χ2v) is 5.33. The van der Waals surface area contributed by atoms with Crippen molar-refractivity contribution in [1.82, 2.24) is 24.7 Å². The van der Waals surface area contributed by atoms with E-state index in [1.54, 1.807) is 6.20 Å². The van der Waals surface area contributed by atoms with Crippen molar-refractivity contribution in [2.24, 2.45) is 0 Å². The van der Waals surface area contributed by atoms with Crippen molar-refractivity contribution in [2.75, 3.05) is 0 Å². The highest BCUT2D eigenvalue weighted by atomic mass is 15.2. The van der Waals surface area contributed by atoms with Crippen LogP contribution in [-0.4, -0.2) is 24.7 Å². The molecule has 0 saturated carbocycles. The molecule has 0 aliphatic carbocycles. The van der Waals surface area contributed by atoms with E-state index in [4.69, 9.17) is 9.97 Å². The zero-order valence-corrected chi connectivity index (χ0v) is 12.4. The minimum Gasteiger partial charge on any atom is -0.275 e. The van der Waals surface area contributed by atoms with Crippen molar-refractivity contribution < 1.29 is 0 Å². The fraction of sp³-hybridized carbons (Fsp3) is 0.118. The van der Waals surface area contributed by atoms with Crippen LogP contribution in [0.3, 0.4) is 0 Å². The van der Waals surface area contributed by atoms with Crippen LogP contribution in [0.4, 0.5) is 0 Å². The van der Waals surface area contributed by atoms with Gasteiger partial charge in [-0.1, -0.05) is 18.2 Å². The molecule has 4 aromatic rings. The lowest BCUT2D eigenvalue weighted by Crippen LogP contribution is -1.99. The lowest BCUT2D eigenvalue weighted by molar-refractivity contribution is 1.03. The molecule has 22 heavy (non-hydrogen) atoms. The summed E-state index contributed by atoms with van der Waals surface area (Å²) in [5.74, 6) is 0.819. The van der Waals surface area contributed by atoms with Crippen molar-refractivity contribution in [2.45, 2.75) is 13.8 Å². The normalized spacial score (nSPS) is 11.2. The Morgan fingerprint density at radius 3 is 2.55 bits per heavy atom. The highest BCUT2D eigenvalue weighted by molar-refractivity contribution is 5.82. The van der Waals surface area contributed by atoms with Gasteiger partial charge in [0.2, 0.25) is 0 Å². The molecule has 3 aromatic heterocycles. The van der Waals surface area contributed by atoms with Crippen LogP contribution in [0.15, 0.2) is 48.7 Å². The van der Waals surface area contributed by atoms with Gasteiger partial charge in [0.15, 0.2) is 11.5 Å². The van der Waals surface area contributed by atoms with Crippen molar-refractivity contribution in [1.29, 1.82) is 0 Å². The van der Waals surface area contributed by atoms with Gasteiger partial charge in [-0.2, -0.15) is 5.10 Å². The first-order valence-corrected chi connectivity index (χ1v) is 7.16. The van der Waals surface area contributed by atoms with E-state index in [0.29, 0.717) is 0 Å². The maximum Gasteiger partial charge on any atom is 0.165 e. The molecule has 0 spiro atoms. The van der Waals surface area contributed by atoms with Crippen LogP contribution in [0.2, 0.25) is 0 Å². The Morgan fingerprint density at radius 2 is 1.82 bits per heavy atom. The van der Waals surface area contributed by atoms with E-state index in [2.05, 4.69) is 39.9 Å². The smallest absolute Gasteiger partial charge is 0.165 e. The summed E-state index contributed by atoms with van der Waals surface area (Å²) in [4.78, 5) is 9.51. The predicted octanol–water partition coefficient (Wildman–Crippen LogP) is 3.43. The molecule has 0 unspecified atom stereocenters. The van der Waals surface area contributed by atoms with Gasteiger partial charge in [-0.05, 0) is 43.7 Å². The van der Waals surface area contributed by atoms with Gasteiger partial charge in [0.25, 0.3) is 0 Å². The van der Waals surface area contributed by atoms with Gasteiger partial charge in [0.1, 0.15) is 11.2 Å². The standard InChI is InChI=1S/C17H15N5/c1-11-10-12(2)19-17-15(11)20-16(14-8-9-18-21-14)22(17)13-6-4-3-5-7-13/h3-10H,1-2H3,(H,18,21). The van der Waals surface area contributed by atoms with Gasteiger partial charge in [0.05, 0.1) is 0 Å². The molecule has 0 aliphatic heterocycles. The van der Waals surface area contributed by atoms with E-state index in [-0.39, 0.29) is 0 Å². The third-order valence-electron chi connectivity index (χ3n) is 3.69. The summed E-state index contributed by atoms with van der Waals surface area (Å²) in [6.07, 6.45) is 1.73. The number of fused-ring (bicyclic) bond motifs is 1. The molecule has 0 saturated heterocycles. The lowest BCUT2D eigenvalue weighted by atomic mass is 10.2. The zero-order chi connectivity index (χ0) is 15.1. The first-order chi connectivity index (χ1) is 10.7. The van der Waals surface area contributed by atoms with Crippen molar-refractivity contribution in [3.8, 4) is 17.2 Å². The molecule has 0 amide bonds. The Hall–Kier alpha value is -2.95. The molecule has 0 fully saturated rings. The fourth-order valence-electron chi connectivity index (χ4n) is 2.74. The van der Waals surface area contributed by atoms with E-state index < -0.39 is 0 Å². The molecule has 1 N–H and O–H groups in total. The molecule has 0 radical (unpaired) electrons. The molecule has 0 atom stereocenters. The molecular formula is C17H15N5. The number of nitrogens with zero attached hydrogens (tertiary/aromatic N) is 4. The molecule has 4 rings (SSSR count). The first kappa shape index (κ1) is 12.8. The molecule has 0 aliphatic rings. The number of rotatable bonds is 2. The van der Waals surface area contributed by atoms with E-state index in [1.165, 1.54) is 0 Å². The van der Waals surface area contributed by atoms with E-state index >= 15 is 0 Å². The Balaban J connectivity index is 2.13. The lowest BCUT2D eigenvalue weighted by Gasteiger charge is -2.07. The average Bonchev–Trinajstić information content (AvgIpc) is 3.14. The summed E-state index contributed by atoms with van der Waals surface area (Å²) in [7, 11) is 0. The second-order valence-electron chi connectivity index (χ2n) is 5.33. The molecular weight excluding hydrogens is 274 g/mol. The summed E-state index contributed by atoms with van der Waals surface area (Å²) in [6, 6.07) is 14.1. The fourth-order valence-corrected chi connectivity index (χ4v) is 2.74. The molecule has 1 aromatic carbocycles. The summed E-state index contributed by atoms with van der Waals surface area (Å²) < 4.78 is 2.07. The number of H-pyrrole nitrogens is 1. The number of para-hydroxylation sites is 1. The second kappa shape index (κ2) is 4.80. The topological polar surface area (TPSA) is 59.4 Å². The van der Waals surface area contributed by atoms with Crippen LogP contribution < -0.4 is 0 Å². The van der Waals surface area contributed by atoms with Gasteiger partial charge in [-0.3, -0.25) is 9.67 Å². The summed E-state index contributed by atoms with van der Waals surface area (Å²) in [5, 5.41) is 7.04. The summed E-state index contributed by atoms with van der Waals surface area (Å²) >= 11 is 0.